The van der Waals surface area contributed by atoms with Crippen LogP contribution >= 0.6 is 0 Å². The molecule has 1 aromatic rings. The summed E-state index contributed by atoms with van der Waals surface area (Å²) in [6.07, 6.45) is 0. The fourth-order valence-corrected chi connectivity index (χ4v) is 2.25. The van der Waals surface area contributed by atoms with Gasteiger partial charge in [0.2, 0.25) is 11.6 Å². The molecule has 6 heteroatoms. The van der Waals surface area contributed by atoms with Crippen molar-refractivity contribution in [2.75, 3.05) is 45.1 Å². The van der Waals surface area contributed by atoms with E-state index in [1.807, 2.05) is 6.07 Å². The molecule has 0 aliphatic carbocycles. The van der Waals surface area contributed by atoms with Gasteiger partial charge in [0.05, 0.1) is 0 Å². The molecule has 1 aliphatic rings. The van der Waals surface area contributed by atoms with Crippen molar-refractivity contribution in [3.63, 3.8) is 0 Å². The lowest BCUT2D eigenvalue weighted by Crippen LogP contribution is -2.49. The fourth-order valence-electron chi connectivity index (χ4n) is 2.25. The SMILES string of the molecule is Cc1nc(C#N)c(NC[C@H](C)N2CCN(C)CC2)o1. The van der Waals surface area contributed by atoms with Crippen LogP contribution in [0.25, 0.3) is 0 Å². The van der Waals surface area contributed by atoms with E-state index < -0.39 is 0 Å². The van der Waals surface area contributed by atoms with Crippen molar-refractivity contribution in [1.82, 2.24) is 14.8 Å². The fraction of sp³-hybridized carbons (Fsp3) is 0.692. The predicted molar refractivity (Wildman–Crippen MR) is 73.0 cm³/mol. The number of rotatable bonds is 4. The first kappa shape index (κ1) is 13.8. The molecule has 0 spiro atoms. The van der Waals surface area contributed by atoms with Gasteiger partial charge < -0.3 is 14.6 Å². The normalized spacial score (nSPS) is 19.1. The van der Waals surface area contributed by atoms with E-state index in [1.54, 1.807) is 6.92 Å². The van der Waals surface area contributed by atoms with Crippen molar-refractivity contribution >= 4 is 5.88 Å². The lowest BCUT2D eigenvalue weighted by Gasteiger charge is -2.36. The summed E-state index contributed by atoms with van der Waals surface area (Å²) in [5.74, 6) is 1.01. The zero-order valence-corrected chi connectivity index (χ0v) is 11.8. The van der Waals surface area contributed by atoms with Gasteiger partial charge in [-0.3, -0.25) is 4.90 Å². The molecule has 1 aromatic heterocycles. The minimum absolute atomic E-state index is 0.336. The highest BCUT2D eigenvalue weighted by Gasteiger charge is 2.19. The first-order valence-electron chi connectivity index (χ1n) is 6.64. The van der Waals surface area contributed by atoms with E-state index in [1.165, 1.54) is 0 Å². The molecular weight excluding hydrogens is 242 g/mol. The summed E-state index contributed by atoms with van der Waals surface area (Å²) in [5, 5.41) is 12.1. The molecule has 1 atom stereocenters. The molecule has 2 heterocycles. The van der Waals surface area contributed by atoms with Gasteiger partial charge in [-0.05, 0) is 14.0 Å². The Labute approximate surface area is 114 Å². The van der Waals surface area contributed by atoms with Crippen LogP contribution in [0.2, 0.25) is 0 Å². The number of nitrogens with zero attached hydrogens (tertiary/aromatic N) is 4. The molecule has 1 saturated heterocycles. The minimum atomic E-state index is 0.336. The summed E-state index contributed by atoms with van der Waals surface area (Å²) in [7, 11) is 2.15. The smallest absolute Gasteiger partial charge is 0.232 e. The van der Waals surface area contributed by atoms with Gasteiger partial charge in [0.15, 0.2) is 5.89 Å². The summed E-state index contributed by atoms with van der Waals surface area (Å²) in [6, 6.07) is 2.45. The molecule has 0 unspecified atom stereocenters. The first-order chi connectivity index (χ1) is 9.10. The number of nitriles is 1. The van der Waals surface area contributed by atoms with Crippen LogP contribution in [0.1, 0.15) is 18.5 Å². The van der Waals surface area contributed by atoms with Crippen molar-refractivity contribution in [3.05, 3.63) is 11.6 Å². The molecule has 0 bridgehead atoms. The zero-order valence-electron chi connectivity index (χ0n) is 11.8. The zero-order chi connectivity index (χ0) is 13.8. The van der Waals surface area contributed by atoms with Gasteiger partial charge >= 0.3 is 0 Å². The Kier molecular flexibility index (Phi) is 4.40. The highest BCUT2D eigenvalue weighted by atomic mass is 16.4. The van der Waals surface area contributed by atoms with E-state index in [9.17, 15) is 0 Å². The molecule has 104 valence electrons. The maximum absolute atomic E-state index is 8.95. The standard InChI is InChI=1S/C13H21N5O/c1-10(18-6-4-17(3)5-7-18)9-15-13-12(8-14)16-11(2)19-13/h10,15H,4-7,9H2,1-3H3/t10-/m0/s1. The van der Waals surface area contributed by atoms with Crippen molar-refractivity contribution in [3.8, 4) is 6.07 Å². The van der Waals surface area contributed by atoms with Gasteiger partial charge in [-0.15, -0.1) is 0 Å². The Morgan fingerprint density at radius 2 is 2.11 bits per heavy atom. The van der Waals surface area contributed by atoms with Crippen LogP contribution in [0, 0.1) is 18.3 Å². The Balaban J connectivity index is 1.86. The molecule has 0 aromatic carbocycles. The second kappa shape index (κ2) is 6.04. The van der Waals surface area contributed by atoms with Gasteiger partial charge in [-0.1, -0.05) is 0 Å². The Hall–Kier alpha value is -1.58. The van der Waals surface area contributed by atoms with Gasteiger partial charge in [0.1, 0.15) is 6.07 Å². The van der Waals surface area contributed by atoms with Crippen molar-refractivity contribution in [2.24, 2.45) is 0 Å². The lowest BCUT2D eigenvalue weighted by molar-refractivity contribution is 0.123. The second-order valence-corrected chi connectivity index (χ2v) is 5.09. The average molecular weight is 263 g/mol. The second-order valence-electron chi connectivity index (χ2n) is 5.09. The largest absolute Gasteiger partial charge is 0.424 e. The molecule has 0 amide bonds. The van der Waals surface area contributed by atoms with Crippen molar-refractivity contribution < 1.29 is 4.42 Å². The van der Waals surface area contributed by atoms with Crippen LogP contribution in [0.4, 0.5) is 5.88 Å². The number of aromatic nitrogens is 1. The number of nitrogens with one attached hydrogen (secondary N) is 1. The highest BCUT2D eigenvalue weighted by molar-refractivity contribution is 5.45. The predicted octanol–water partition coefficient (Wildman–Crippen LogP) is 0.902. The number of aryl methyl sites for hydroxylation is 1. The lowest BCUT2D eigenvalue weighted by atomic mass is 10.2. The molecule has 0 saturated carbocycles. The molecular formula is C13H21N5O. The van der Waals surface area contributed by atoms with Crippen LogP contribution < -0.4 is 5.32 Å². The minimum Gasteiger partial charge on any atom is -0.424 e. The average Bonchev–Trinajstić information content (AvgIpc) is 2.77. The summed E-state index contributed by atoms with van der Waals surface area (Å²) in [4.78, 5) is 8.80. The summed E-state index contributed by atoms with van der Waals surface area (Å²) >= 11 is 0. The topological polar surface area (TPSA) is 68.3 Å². The van der Waals surface area contributed by atoms with Crippen molar-refractivity contribution in [1.29, 1.82) is 5.26 Å². The monoisotopic (exact) mass is 263 g/mol. The molecule has 1 aliphatic heterocycles. The van der Waals surface area contributed by atoms with Crippen LogP contribution in [0.15, 0.2) is 4.42 Å². The van der Waals surface area contributed by atoms with Gasteiger partial charge in [-0.25, -0.2) is 4.98 Å². The number of likely N-dealkylation sites (N-methyl/N-ethyl adjacent to an activating group) is 1. The molecule has 2 rings (SSSR count). The number of anilines is 1. The third-order valence-corrected chi connectivity index (χ3v) is 3.56. The number of oxazole rings is 1. The third-order valence-electron chi connectivity index (χ3n) is 3.56. The van der Waals surface area contributed by atoms with E-state index in [4.69, 9.17) is 9.68 Å². The van der Waals surface area contributed by atoms with Crippen LogP contribution in [-0.2, 0) is 0 Å². The van der Waals surface area contributed by atoms with Gasteiger partial charge in [0.25, 0.3) is 0 Å². The van der Waals surface area contributed by atoms with E-state index >= 15 is 0 Å². The van der Waals surface area contributed by atoms with E-state index in [0.717, 1.165) is 32.7 Å². The summed E-state index contributed by atoms with van der Waals surface area (Å²) in [5.41, 5.74) is 0.336. The van der Waals surface area contributed by atoms with E-state index in [2.05, 4.69) is 34.1 Å². The maximum atomic E-state index is 8.95. The number of hydrogen-bond acceptors (Lipinski definition) is 6. The Morgan fingerprint density at radius 3 is 2.74 bits per heavy atom. The molecule has 1 fully saturated rings. The van der Waals surface area contributed by atoms with Crippen molar-refractivity contribution in [2.45, 2.75) is 19.9 Å². The summed E-state index contributed by atoms with van der Waals surface area (Å²) < 4.78 is 5.39. The van der Waals surface area contributed by atoms with Crippen LogP contribution in [0.3, 0.4) is 0 Å². The van der Waals surface area contributed by atoms with Gasteiger partial charge in [0, 0.05) is 45.7 Å². The van der Waals surface area contributed by atoms with Crippen LogP contribution in [0.5, 0.6) is 0 Å². The Morgan fingerprint density at radius 1 is 1.42 bits per heavy atom. The quantitative estimate of drug-likeness (QED) is 0.870. The van der Waals surface area contributed by atoms with E-state index in [-0.39, 0.29) is 0 Å². The molecule has 6 nitrogen and oxygen atoms in total. The molecule has 0 radical (unpaired) electrons. The van der Waals surface area contributed by atoms with Gasteiger partial charge in [-0.2, -0.15) is 5.26 Å². The van der Waals surface area contributed by atoms with Crippen LogP contribution in [-0.4, -0.2) is 60.6 Å². The third kappa shape index (κ3) is 3.46. The number of hydrogen-bond donors (Lipinski definition) is 1. The molecule has 1 N–H and O–H groups in total. The molecule has 19 heavy (non-hydrogen) atoms. The van der Waals surface area contributed by atoms with E-state index in [0.29, 0.717) is 23.5 Å². The highest BCUT2D eigenvalue weighted by Crippen LogP contribution is 2.16. The Bertz CT molecular complexity index is 456. The number of piperazine rings is 1. The maximum Gasteiger partial charge on any atom is 0.232 e. The first-order valence-corrected chi connectivity index (χ1v) is 6.64. The summed E-state index contributed by atoms with van der Waals surface area (Å²) in [6.45, 7) is 9.07.